The van der Waals surface area contributed by atoms with Crippen LogP contribution in [0, 0.1) is 5.41 Å². The van der Waals surface area contributed by atoms with Crippen LogP contribution in [0.3, 0.4) is 0 Å². The van der Waals surface area contributed by atoms with E-state index in [2.05, 4.69) is 37.3 Å². The van der Waals surface area contributed by atoms with Crippen LogP contribution >= 0.6 is 23.2 Å². The van der Waals surface area contributed by atoms with Crippen LogP contribution in [0.15, 0.2) is 48.8 Å². The number of halogens is 2. The van der Waals surface area contributed by atoms with Gasteiger partial charge in [-0.2, -0.15) is 0 Å². The minimum atomic E-state index is -0.178. The van der Waals surface area contributed by atoms with E-state index in [9.17, 15) is 0 Å². The molecule has 1 saturated heterocycles. The van der Waals surface area contributed by atoms with Crippen LogP contribution < -0.4 is 16.0 Å². The average Bonchev–Trinajstić information content (AvgIpc) is 3.29. The van der Waals surface area contributed by atoms with E-state index in [1.807, 2.05) is 25.1 Å². The topological polar surface area (TPSA) is 107 Å². The van der Waals surface area contributed by atoms with E-state index in [1.54, 1.807) is 18.5 Å². The van der Waals surface area contributed by atoms with Crippen LogP contribution in [0.4, 0.5) is 17.1 Å². The van der Waals surface area contributed by atoms with Crippen molar-refractivity contribution in [2.45, 2.75) is 32.2 Å². The van der Waals surface area contributed by atoms with Crippen LogP contribution in [-0.4, -0.2) is 33.8 Å². The van der Waals surface area contributed by atoms with Crippen molar-refractivity contribution in [1.82, 2.24) is 15.0 Å². The molecule has 0 amide bonds. The molecule has 4 aromatic rings. The molecule has 0 saturated carbocycles. The monoisotopic (exact) mass is 507 g/mol. The first-order valence-electron chi connectivity index (χ1n) is 11.7. The van der Waals surface area contributed by atoms with E-state index >= 15 is 0 Å². The molecule has 0 aliphatic carbocycles. The summed E-state index contributed by atoms with van der Waals surface area (Å²) in [5.74, 6) is 0.480. The van der Waals surface area contributed by atoms with Gasteiger partial charge >= 0.3 is 0 Å². The number of hydrogen-bond donors (Lipinski definition) is 4. The van der Waals surface area contributed by atoms with Gasteiger partial charge in [0.05, 0.1) is 27.1 Å². The highest BCUT2D eigenvalue weighted by Gasteiger charge is 2.18. The number of imidazole rings is 1. The number of rotatable bonds is 6. The molecule has 3 heterocycles. The Balaban J connectivity index is 1.40. The quantitative estimate of drug-likeness (QED) is 0.178. The number of piperidine rings is 1. The Hall–Kier alpha value is -3.29. The summed E-state index contributed by atoms with van der Waals surface area (Å²) in [4.78, 5) is 14.4. The average molecular weight is 508 g/mol. The van der Waals surface area contributed by atoms with Gasteiger partial charge in [0.25, 0.3) is 0 Å². The van der Waals surface area contributed by atoms with Crippen molar-refractivity contribution in [3.8, 4) is 0 Å². The number of nitrogens with zero attached hydrogens (tertiary/aromatic N) is 3. The molecule has 9 heteroatoms. The zero-order valence-electron chi connectivity index (χ0n) is 19.4. The van der Waals surface area contributed by atoms with Crippen molar-refractivity contribution in [2.75, 3.05) is 29.0 Å². The molecule has 5 rings (SSSR count). The van der Waals surface area contributed by atoms with Gasteiger partial charge in [-0.25, -0.2) is 4.98 Å². The standard InChI is InChI=1S/C26H27Cl2N7/c1-15(24-19(27)13-31-14-20(24)28)32-16-5-7-21(29)18(11-16)25(30)26-33-22-8-6-17(12-23(22)34-26)35-9-3-2-4-10-35/h5-8,11-15,30,32H,2-4,9-10,29H2,1H3,(H,33,34). The summed E-state index contributed by atoms with van der Waals surface area (Å²) in [6.07, 6.45) is 6.88. The van der Waals surface area contributed by atoms with Crippen LogP contribution in [0.1, 0.15) is 49.2 Å². The van der Waals surface area contributed by atoms with Crippen molar-refractivity contribution in [3.63, 3.8) is 0 Å². The van der Waals surface area contributed by atoms with Gasteiger partial charge in [-0.15, -0.1) is 0 Å². The van der Waals surface area contributed by atoms with Crippen LogP contribution in [0.25, 0.3) is 11.0 Å². The lowest BCUT2D eigenvalue weighted by molar-refractivity contribution is 0.578. The smallest absolute Gasteiger partial charge is 0.157 e. The molecular formula is C26H27Cl2N7. The molecule has 2 aromatic heterocycles. The fourth-order valence-corrected chi connectivity index (χ4v) is 5.30. The largest absolute Gasteiger partial charge is 0.398 e. The van der Waals surface area contributed by atoms with E-state index in [4.69, 9.17) is 34.3 Å². The number of nitrogens with one attached hydrogen (secondary N) is 3. The Morgan fingerprint density at radius 1 is 1.09 bits per heavy atom. The summed E-state index contributed by atoms with van der Waals surface area (Å²) < 4.78 is 0. The van der Waals surface area contributed by atoms with Gasteiger partial charge in [0.15, 0.2) is 5.82 Å². The first-order chi connectivity index (χ1) is 16.9. The molecule has 5 N–H and O–H groups in total. The molecule has 0 radical (unpaired) electrons. The summed E-state index contributed by atoms with van der Waals surface area (Å²) in [6.45, 7) is 4.12. The normalized spacial score (nSPS) is 14.8. The molecule has 1 aliphatic heterocycles. The van der Waals surface area contributed by atoms with Crippen molar-refractivity contribution in [3.05, 3.63) is 75.8 Å². The van der Waals surface area contributed by atoms with E-state index < -0.39 is 0 Å². The van der Waals surface area contributed by atoms with Crippen LogP contribution in [0.5, 0.6) is 0 Å². The number of hydrogen-bond acceptors (Lipinski definition) is 6. The Morgan fingerprint density at radius 2 is 1.83 bits per heavy atom. The van der Waals surface area contributed by atoms with E-state index in [-0.39, 0.29) is 11.8 Å². The second-order valence-corrected chi connectivity index (χ2v) is 9.71. The summed E-state index contributed by atoms with van der Waals surface area (Å²) >= 11 is 12.6. The Morgan fingerprint density at radius 3 is 2.57 bits per heavy atom. The van der Waals surface area contributed by atoms with Gasteiger partial charge < -0.3 is 20.9 Å². The van der Waals surface area contributed by atoms with Crippen molar-refractivity contribution < 1.29 is 0 Å². The number of fused-ring (bicyclic) bond motifs is 1. The maximum atomic E-state index is 8.84. The zero-order chi connectivity index (χ0) is 24.5. The summed E-state index contributed by atoms with van der Waals surface area (Å²) in [5.41, 5.74) is 12.1. The van der Waals surface area contributed by atoms with E-state index in [0.29, 0.717) is 27.1 Å². The number of aromatic amines is 1. The lowest BCUT2D eigenvalue weighted by Gasteiger charge is -2.28. The highest BCUT2D eigenvalue weighted by atomic mass is 35.5. The molecule has 35 heavy (non-hydrogen) atoms. The maximum Gasteiger partial charge on any atom is 0.157 e. The molecule has 180 valence electrons. The van der Waals surface area contributed by atoms with Gasteiger partial charge in [0, 0.05) is 53.7 Å². The maximum absolute atomic E-state index is 8.84. The third-order valence-corrected chi connectivity index (χ3v) is 7.06. The minimum absolute atomic E-state index is 0.178. The molecule has 1 unspecified atom stereocenters. The summed E-state index contributed by atoms with van der Waals surface area (Å²) in [5, 5.41) is 13.2. The second kappa shape index (κ2) is 9.76. The third-order valence-electron chi connectivity index (χ3n) is 6.45. The molecule has 0 spiro atoms. The fourth-order valence-electron chi connectivity index (χ4n) is 4.61. The van der Waals surface area contributed by atoms with E-state index in [0.717, 1.165) is 35.4 Å². The molecule has 1 fully saturated rings. The SMILES string of the molecule is CC(Nc1ccc(N)c(C(=N)c2nc3ccc(N4CCCCC4)cc3[nH]2)c1)c1c(Cl)cncc1Cl. The lowest BCUT2D eigenvalue weighted by Crippen LogP contribution is -2.29. The Kier molecular flexibility index (Phi) is 6.54. The van der Waals surface area contributed by atoms with Gasteiger partial charge in [-0.05, 0) is 62.6 Å². The highest BCUT2D eigenvalue weighted by molar-refractivity contribution is 6.35. The van der Waals surface area contributed by atoms with Gasteiger partial charge in [-0.3, -0.25) is 10.4 Å². The van der Waals surface area contributed by atoms with Gasteiger partial charge in [0.1, 0.15) is 5.71 Å². The first-order valence-corrected chi connectivity index (χ1v) is 12.5. The van der Waals surface area contributed by atoms with Crippen LogP contribution in [-0.2, 0) is 0 Å². The number of benzene rings is 2. The number of pyridine rings is 1. The van der Waals surface area contributed by atoms with Crippen molar-refractivity contribution in [1.29, 1.82) is 5.41 Å². The highest BCUT2D eigenvalue weighted by Crippen LogP contribution is 2.32. The lowest BCUT2D eigenvalue weighted by atomic mass is 10.0. The van der Waals surface area contributed by atoms with Crippen molar-refractivity contribution >= 4 is 57.0 Å². The third kappa shape index (κ3) is 4.79. The van der Waals surface area contributed by atoms with E-state index in [1.165, 1.54) is 24.9 Å². The number of H-pyrrole nitrogens is 1. The predicted octanol–water partition coefficient (Wildman–Crippen LogP) is 6.43. The molecule has 1 aliphatic rings. The molecule has 7 nitrogen and oxygen atoms in total. The zero-order valence-corrected chi connectivity index (χ0v) is 20.9. The molecule has 0 bridgehead atoms. The van der Waals surface area contributed by atoms with Crippen molar-refractivity contribution in [2.24, 2.45) is 0 Å². The molecule has 2 aromatic carbocycles. The van der Waals surface area contributed by atoms with Gasteiger partial charge in [-0.1, -0.05) is 23.2 Å². The fraction of sp³-hybridized carbons (Fsp3) is 0.269. The van der Waals surface area contributed by atoms with Crippen LogP contribution in [0.2, 0.25) is 10.0 Å². The number of aromatic nitrogens is 3. The number of anilines is 3. The Labute approximate surface area is 214 Å². The Bertz CT molecular complexity index is 1370. The number of nitrogens with two attached hydrogens (primary N) is 1. The number of nitrogen functional groups attached to an aromatic ring is 1. The minimum Gasteiger partial charge on any atom is -0.398 e. The predicted molar refractivity (Wildman–Crippen MR) is 145 cm³/mol. The summed E-state index contributed by atoms with van der Waals surface area (Å²) in [6, 6.07) is 11.6. The molecular weight excluding hydrogens is 481 g/mol. The first kappa shape index (κ1) is 23.5. The molecule has 1 atom stereocenters. The van der Waals surface area contributed by atoms with Gasteiger partial charge in [0.2, 0.25) is 0 Å². The second-order valence-electron chi connectivity index (χ2n) is 8.89. The summed E-state index contributed by atoms with van der Waals surface area (Å²) in [7, 11) is 0.